The van der Waals surface area contributed by atoms with Crippen molar-refractivity contribution in [3.05, 3.63) is 63.1 Å². The molecule has 0 radical (unpaired) electrons. The van der Waals surface area contributed by atoms with Crippen LogP contribution in [0.4, 0.5) is 5.69 Å². The lowest BCUT2D eigenvalue weighted by Crippen LogP contribution is -2.22. The smallest absolute Gasteiger partial charge is 0.265 e. The second-order valence-electron chi connectivity index (χ2n) is 4.53. The Bertz CT molecular complexity index is 871. The van der Waals surface area contributed by atoms with E-state index in [1.165, 1.54) is 0 Å². The van der Waals surface area contributed by atoms with Gasteiger partial charge in [0.15, 0.2) is 0 Å². The Morgan fingerprint density at radius 3 is 2.75 bits per heavy atom. The van der Waals surface area contributed by atoms with Crippen molar-refractivity contribution < 1.29 is 0 Å². The molecule has 2 N–H and O–H groups in total. The lowest BCUT2D eigenvalue weighted by atomic mass is 10.2. The average Bonchev–Trinajstić information content (AvgIpc) is 2.42. The quantitative estimate of drug-likeness (QED) is 0.698. The second kappa shape index (κ2) is 4.76. The molecular formula is C15H12BrN3O. The van der Waals surface area contributed by atoms with Gasteiger partial charge in [0.1, 0.15) is 5.82 Å². The minimum atomic E-state index is -0.0978. The Hall–Kier alpha value is -2.14. The monoisotopic (exact) mass is 329 g/mol. The Kier molecular flexibility index (Phi) is 3.06. The average molecular weight is 330 g/mol. The number of benzene rings is 2. The first-order valence-electron chi connectivity index (χ1n) is 6.12. The fourth-order valence-corrected chi connectivity index (χ4v) is 2.65. The molecule has 5 heteroatoms. The summed E-state index contributed by atoms with van der Waals surface area (Å²) in [6.07, 6.45) is 0. The molecule has 1 heterocycles. The van der Waals surface area contributed by atoms with Gasteiger partial charge < -0.3 is 5.73 Å². The molecule has 3 rings (SSSR count). The molecule has 20 heavy (non-hydrogen) atoms. The van der Waals surface area contributed by atoms with Gasteiger partial charge in [0.05, 0.1) is 16.6 Å². The van der Waals surface area contributed by atoms with Crippen LogP contribution in [0.5, 0.6) is 0 Å². The molecule has 4 nitrogen and oxygen atoms in total. The molecule has 1 aromatic heterocycles. The van der Waals surface area contributed by atoms with Crippen molar-refractivity contribution in [2.75, 3.05) is 5.73 Å². The third-order valence-corrected chi connectivity index (χ3v) is 3.83. The summed E-state index contributed by atoms with van der Waals surface area (Å²) >= 11 is 3.46. The van der Waals surface area contributed by atoms with Gasteiger partial charge in [0.25, 0.3) is 5.56 Å². The van der Waals surface area contributed by atoms with Gasteiger partial charge in [0, 0.05) is 10.2 Å². The van der Waals surface area contributed by atoms with Crippen LogP contribution in [0.3, 0.4) is 0 Å². The molecule has 0 aliphatic heterocycles. The second-order valence-corrected chi connectivity index (χ2v) is 5.38. The number of anilines is 1. The maximum Gasteiger partial charge on any atom is 0.265 e. The molecule has 0 saturated carbocycles. The molecule has 0 amide bonds. The van der Waals surface area contributed by atoms with Gasteiger partial charge in [-0.3, -0.25) is 9.36 Å². The first-order valence-corrected chi connectivity index (χ1v) is 6.91. The number of halogens is 1. The van der Waals surface area contributed by atoms with E-state index in [0.29, 0.717) is 28.1 Å². The van der Waals surface area contributed by atoms with Gasteiger partial charge in [-0.25, -0.2) is 4.98 Å². The van der Waals surface area contributed by atoms with E-state index in [1.807, 2.05) is 31.2 Å². The highest BCUT2D eigenvalue weighted by Gasteiger charge is 2.12. The van der Waals surface area contributed by atoms with E-state index in [-0.39, 0.29) is 5.56 Å². The van der Waals surface area contributed by atoms with Gasteiger partial charge in [-0.15, -0.1) is 0 Å². The molecule has 0 fully saturated rings. The number of nitrogens with two attached hydrogens (primary N) is 1. The van der Waals surface area contributed by atoms with Crippen molar-refractivity contribution in [2.45, 2.75) is 6.92 Å². The van der Waals surface area contributed by atoms with E-state index in [9.17, 15) is 4.79 Å². The van der Waals surface area contributed by atoms with Crippen LogP contribution < -0.4 is 11.3 Å². The number of rotatable bonds is 1. The highest BCUT2D eigenvalue weighted by molar-refractivity contribution is 9.10. The number of nitrogens with zero attached hydrogens (tertiary/aromatic N) is 2. The zero-order valence-electron chi connectivity index (χ0n) is 10.8. The van der Waals surface area contributed by atoms with Gasteiger partial charge in [-0.2, -0.15) is 0 Å². The predicted octanol–water partition coefficient (Wildman–Crippen LogP) is 3.04. The number of hydrogen-bond acceptors (Lipinski definition) is 3. The Morgan fingerprint density at radius 1 is 1.20 bits per heavy atom. The molecule has 0 atom stereocenters. The summed E-state index contributed by atoms with van der Waals surface area (Å²) in [5.74, 6) is 0.625. The van der Waals surface area contributed by atoms with E-state index in [2.05, 4.69) is 20.9 Å². The molecule has 0 aliphatic rings. The van der Waals surface area contributed by atoms with Crippen LogP contribution in [0.15, 0.2) is 51.7 Å². The number of aromatic nitrogens is 2. The summed E-state index contributed by atoms with van der Waals surface area (Å²) in [6.45, 7) is 1.81. The largest absolute Gasteiger partial charge is 0.399 e. The van der Waals surface area contributed by atoms with Gasteiger partial charge >= 0.3 is 0 Å². The number of hydrogen-bond donors (Lipinski definition) is 1. The molecule has 2 aromatic carbocycles. The standard InChI is InChI=1S/C15H12BrN3O/c1-9-18-13-5-3-2-4-11(13)15(20)19(9)14-8-10(17)6-7-12(14)16/h2-8H,17H2,1H3. The van der Waals surface area contributed by atoms with Crippen LogP contribution >= 0.6 is 15.9 Å². The number of aryl methyl sites for hydroxylation is 1. The molecule has 0 bridgehead atoms. The summed E-state index contributed by atoms with van der Waals surface area (Å²) < 4.78 is 2.37. The molecule has 0 saturated heterocycles. The number of fused-ring (bicyclic) bond motifs is 1. The summed E-state index contributed by atoms with van der Waals surface area (Å²) in [5.41, 5.74) is 7.72. The van der Waals surface area contributed by atoms with E-state index in [0.717, 1.165) is 4.47 Å². The van der Waals surface area contributed by atoms with Crippen molar-refractivity contribution in [1.82, 2.24) is 9.55 Å². The molecule has 0 spiro atoms. The fraction of sp³-hybridized carbons (Fsp3) is 0.0667. The van der Waals surface area contributed by atoms with E-state index in [1.54, 1.807) is 22.8 Å². The Balaban J connectivity index is 2.42. The minimum absolute atomic E-state index is 0.0978. The number of nitrogen functional groups attached to an aromatic ring is 1. The molecule has 0 unspecified atom stereocenters. The number of para-hydroxylation sites is 1. The van der Waals surface area contributed by atoms with Crippen LogP contribution in [0.2, 0.25) is 0 Å². The minimum Gasteiger partial charge on any atom is -0.399 e. The van der Waals surface area contributed by atoms with Gasteiger partial charge in [-0.05, 0) is 53.2 Å². The van der Waals surface area contributed by atoms with Gasteiger partial charge in [0.2, 0.25) is 0 Å². The highest BCUT2D eigenvalue weighted by atomic mass is 79.9. The Labute approximate surface area is 124 Å². The third-order valence-electron chi connectivity index (χ3n) is 3.15. The van der Waals surface area contributed by atoms with Crippen LogP contribution in [0, 0.1) is 6.92 Å². The molecule has 0 aliphatic carbocycles. The van der Waals surface area contributed by atoms with Crippen LogP contribution in [-0.4, -0.2) is 9.55 Å². The maximum atomic E-state index is 12.7. The SMILES string of the molecule is Cc1nc2ccccc2c(=O)n1-c1cc(N)ccc1Br. The van der Waals surface area contributed by atoms with E-state index < -0.39 is 0 Å². The normalized spacial score (nSPS) is 10.9. The van der Waals surface area contributed by atoms with Crippen LogP contribution in [0.25, 0.3) is 16.6 Å². The zero-order valence-corrected chi connectivity index (χ0v) is 12.4. The Morgan fingerprint density at radius 2 is 1.95 bits per heavy atom. The predicted molar refractivity (Wildman–Crippen MR) is 84.2 cm³/mol. The van der Waals surface area contributed by atoms with E-state index in [4.69, 9.17) is 5.73 Å². The highest BCUT2D eigenvalue weighted by Crippen LogP contribution is 2.23. The summed E-state index contributed by atoms with van der Waals surface area (Å²) in [4.78, 5) is 17.2. The van der Waals surface area contributed by atoms with Crippen molar-refractivity contribution in [3.63, 3.8) is 0 Å². The van der Waals surface area contributed by atoms with Crippen molar-refractivity contribution >= 4 is 32.5 Å². The molecule has 100 valence electrons. The summed E-state index contributed by atoms with van der Waals surface area (Å²) in [5, 5.41) is 0.590. The maximum absolute atomic E-state index is 12.7. The van der Waals surface area contributed by atoms with Crippen LogP contribution in [-0.2, 0) is 0 Å². The lowest BCUT2D eigenvalue weighted by molar-refractivity contribution is 0.891. The van der Waals surface area contributed by atoms with Crippen molar-refractivity contribution in [2.24, 2.45) is 0 Å². The lowest BCUT2D eigenvalue weighted by Gasteiger charge is -2.13. The fourth-order valence-electron chi connectivity index (χ4n) is 2.23. The summed E-state index contributed by atoms with van der Waals surface area (Å²) in [7, 11) is 0. The van der Waals surface area contributed by atoms with Gasteiger partial charge in [-0.1, -0.05) is 12.1 Å². The van der Waals surface area contributed by atoms with Crippen molar-refractivity contribution in [1.29, 1.82) is 0 Å². The zero-order chi connectivity index (χ0) is 14.3. The first-order chi connectivity index (χ1) is 9.58. The third kappa shape index (κ3) is 2.00. The first kappa shape index (κ1) is 12.9. The van der Waals surface area contributed by atoms with E-state index >= 15 is 0 Å². The topological polar surface area (TPSA) is 60.9 Å². The molecular weight excluding hydrogens is 318 g/mol. The summed E-state index contributed by atoms with van der Waals surface area (Å²) in [6, 6.07) is 12.7. The van der Waals surface area contributed by atoms with Crippen molar-refractivity contribution in [3.8, 4) is 5.69 Å². The molecule has 3 aromatic rings. The van der Waals surface area contributed by atoms with Crippen LogP contribution in [0.1, 0.15) is 5.82 Å².